The molecule has 0 spiro atoms. The maximum Gasteiger partial charge on any atom is 0.407 e. The third-order valence-electron chi connectivity index (χ3n) is 2.56. The molecular weight excluding hydrogens is 302 g/mol. The van der Waals surface area contributed by atoms with Crippen LogP contribution in [0.25, 0.3) is 0 Å². The zero-order valence-electron chi connectivity index (χ0n) is 13.3. The minimum Gasteiger partial charge on any atom is -0.444 e. The Labute approximate surface area is 134 Å². The number of hydrazone groups is 1. The van der Waals surface area contributed by atoms with Gasteiger partial charge in [0.25, 0.3) is 5.96 Å². The molecule has 0 radical (unpaired) electrons. The molecule has 126 valence electrons. The highest BCUT2D eigenvalue weighted by Crippen LogP contribution is 2.12. The number of nitro groups is 1. The third kappa shape index (κ3) is 7.65. The molecule has 1 unspecified atom stereocenters. The second-order valence-electron chi connectivity index (χ2n) is 5.71. The molecule has 0 fully saturated rings. The predicted octanol–water partition coefficient (Wildman–Crippen LogP) is 1.35. The largest absolute Gasteiger partial charge is 0.444 e. The van der Waals surface area contributed by atoms with Crippen molar-refractivity contribution in [3.63, 3.8) is 0 Å². The van der Waals surface area contributed by atoms with Crippen LogP contribution < -0.4 is 16.4 Å². The molecule has 23 heavy (non-hydrogen) atoms. The number of nitrogens with one attached hydrogen (secondary N) is 2. The number of amides is 1. The van der Waals surface area contributed by atoms with Gasteiger partial charge in [0.15, 0.2) is 5.03 Å². The van der Waals surface area contributed by atoms with Crippen molar-refractivity contribution >= 4 is 12.1 Å². The highest BCUT2D eigenvalue weighted by molar-refractivity contribution is 5.77. The van der Waals surface area contributed by atoms with Crippen molar-refractivity contribution in [2.45, 2.75) is 32.4 Å². The molecule has 9 nitrogen and oxygen atoms in total. The molecule has 1 rings (SSSR count). The highest BCUT2D eigenvalue weighted by atomic mass is 16.7. The van der Waals surface area contributed by atoms with E-state index in [1.54, 1.807) is 45.0 Å². The number of alkyl carbamates (subject to hydrolysis) is 1. The molecule has 9 heteroatoms. The standard InChI is InChI=1S/C14H21N5O4/c1-14(2,3)23-13(20)16-9-11(10-7-5-4-6-8-10)17-12(15)18-19(21)22/h4-8,11H,9H2,1-3H3,(H,16,20)(H3,15,17,18). The number of rotatable bonds is 5. The van der Waals surface area contributed by atoms with Crippen molar-refractivity contribution in [3.05, 3.63) is 46.0 Å². The van der Waals surface area contributed by atoms with E-state index in [1.807, 2.05) is 6.07 Å². The summed E-state index contributed by atoms with van der Waals surface area (Å²) in [6.07, 6.45) is -0.593. The Morgan fingerprint density at radius 1 is 1.39 bits per heavy atom. The van der Waals surface area contributed by atoms with Gasteiger partial charge in [0.2, 0.25) is 0 Å². The first kappa shape index (κ1) is 18.2. The van der Waals surface area contributed by atoms with E-state index in [4.69, 9.17) is 10.5 Å². The van der Waals surface area contributed by atoms with Gasteiger partial charge in [-0.3, -0.25) is 0 Å². The van der Waals surface area contributed by atoms with Gasteiger partial charge in [-0.2, -0.15) is 0 Å². The fourth-order valence-electron chi connectivity index (χ4n) is 1.73. The minimum absolute atomic E-state index is 0.118. The van der Waals surface area contributed by atoms with Crippen LogP contribution in [0.2, 0.25) is 0 Å². The van der Waals surface area contributed by atoms with Crippen molar-refractivity contribution in [2.75, 3.05) is 6.54 Å². The van der Waals surface area contributed by atoms with Crippen LogP contribution in [0.4, 0.5) is 4.79 Å². The van der Waals surface area contributed by atoms with Crippen LogP contribution in [0.5, 0.6) is 0 Å². The molecule has 0 aliphatic carbocycles. The number of guanidine groups is 1. The normalized spacial score (nSPS) is 13.1. The smallest absolute Gasteiger partial charge is 0.407 e. The van der Waals surface area contributed by atoms with Gasteiger partial charge < -0.3 is 21.1 Å². The maximum absolute atomic E-state index is 11.7. The summed E-state index contributed by atoms with van der Waals surface area (Å²) in [5.74, 6) is -0.352. The van der Waals surface area contributed by atoms with Gasteiger partial charge in [0.05, 0.1) is 6.04 Å². The average molecular weight is 323 g/mol. The first-order chi connectivity index (χ1) is 10.7. The lowest BCUT2D eigenvalue weighted by Crippen LogP contribution is -2.42. The van der Waals surface area contributed by atoms with Gasteiger partial charge in [0.1, 0.15) is 10.7 Å². The average Bonchev–Trinajstić information content (AvgIpc) is 2.41. The molecular formula is C14H21N5O4. The molecule has 4 N–H and O–H groups in total. The Morgan fingerprint density at radius 3 is 2.52 bits per heavy atom. The maximum atomic E-state index is 11.7. The summed E-state index contributed by atoms with van der Waals surface area (Å²) in [7, 11) is 0. The Bertz CT molecular complexity index is 568. The van der Waals surface area contributed by atoms with Crippen molar-refractivity contribution < 1.29 is 14.6 Å². The first-order valence-corrected chi connectivity index (χ1v) is 6.94. The van der Waals surface area contributed by atoms with Crippen LogP contribution in [0, 0.1) is 10.1 Å². The number of carbonyl (C=O) groups is 1. The van der Waals surface area contributed by atoms with Gasteiger partial charge in [-0.05, 0) is 26.3 Å². The number of hydrogen-bond acceptors (Lipinski definition) is 4. The van der Waals surface area contributed by atoms with E-state index < -0.39 is 22.8 Å². The van der Waals surface area contributed by atoms with E-state index in [0.29, 0.717) is 0 Å². The molecule has 1 aromatic rings. The summed E-state index contributed by atoms with van der Waals surface area (Å²) in [5.41, 5.74) is 5.64. The fourth-order valence-corrected chi connectivity index (χ4v) is 1.73. The van der Waals surface area contributed by atoms with E-state index in [0.717, 1.165) is 5.56 Å². The molecule has 0 aliphatic heterocycles. The molecule has 0 saturated heterocycles. The number of ether oxygens (including phenoxy) is 1. The van der Waals surface area contributed by atoms with Gasteiger partial charge >= 0.3 is 6.09 Å². The predicted molar refractivity (Wildman–Crippen MR) is 85.2 cm³/mol. The lowest BCUT2D eigenvalue weighted by molar-refractivity contribution is -0.485. The van der Waals surface area contributed by atoms with E-state index >= 15 is 0 Å². The Balaban J connectivity index is 2.77. The minimum atomic E-state index is -0.897. The van der Waals surface area contributed by atoms with Crippen LogP contribution >= 0.6 is 0 Å². The van der Waals surface area contributed by atoms with Crippen LogP contribution in [-0.4, -0.2) is 29.2 Å². The Morgan fingerprint density at radius 2 is 2.00 bits per heavy atom. The zero-order valence-corrected chi connectivity index (χ0v) is 13.3. The van der Waals surface area contributed by atoms with Crippen molar-refractivity contribution in [3.8, 4) is 0 Å². The summed E-state index contributed by atoms with van der Waals surface area (Å²) in [5, 5.41) is 17.7. The van der Waals surface area contributed by atoms with Crippen molar-refractivity contribution in [1.82, 2.24) is 10.6 Å². The lowest BCUT2D eigenvalue weighted by Gasteiger charge is -2.22. The first-order valence-electron chi connectivity index (χ1n) is 6.94. The molecule has 0 bridgehead atoms. The fraction of sp³-hybridized carbons (Fsp3) is 0.429. The number of carbonyl (C=O) groups excluding carboxylic acids is 1. The Hall–Kier alpha value is -2.84. The van der Waals surface area contributed by atoms with Crippen molar-refractivity contribution in [1.29, 1.82) is 0 Å². The molecule has 0 aliphatic rings. The number of benzene rings is 1. The van der Waals surface area contributed by atoms with E-state index in [2.05, 4.69) is 15.7 Å². The van der Waals surface area contributed by atoms with Crippen molar-refractivity contribution in [2.24, 2.45) is 10.8 Å². The number of hydrogen-bond donors (Lipinski definition) is 3. The topological polar surface area (TPSA) is 132 Å². The lowest BCUT2D eigenvalue weighted by atomic mass is 10.1. The van der Waals surface area contributed by atoms with Crippen LogP contribution in [0.1, 0.15) is 32.4 Å². The van der Waals surface area contributed by atoms with Gasteiger partial charge in [-0.1, -0.05) is 30.3 Å². The molecule has 1 amide bonds. The zero-order chi connectivity index (χ0) is 17.5. The summed E-state index contributed by atoms with van der Waals surface area (Å²) in [6, 6.07) is 8.54. The SMILES string of the molecule is CC(C)(C)OC(=O)NCC(NC(N)=N[N+](=O)[O-])c1ccccc1. The summed E-state index contributed by atoms with van der Waals surface area (Å²) in [4.78, 5) is 22.1. The number of nitrogens with zero attached hydrogens (tertiary/aromatic N) is 2. The highest BCUT2D eigenvalue weighted by Gasteiger charge is 2.19. The van der Waals surface area contributed by atoms with Crippen LogP contribution in [-0.2, 0) is 4.74 Å². The molecule has 0 aromatic heterocycles. The molecule has 0 saturated carbocycles. The van der Waals surface area contributed by atoms with E-state index in [9.17, 15) is 14.9 Å². The molecule has 1 aromatic carbocycles. The Kier molecular flexibility index (Phi) is 6.31. The van der Waals surface area contributed by atoms with Gasteiger partial charge in [-0.25, -0.2) is 14.9 Å². The van der Waals surface area contributed by atoms with Gasteiger partial charge in [0, 0.05) is 6.54 Å². The summed E-state index contributed by atoms with van der Waals surface area (Å²) in [6.45, 7) is 5.37. The summed E-state index contributed by atoms with van der Waals surface area (Å²) >= 11 is 0. The molecule has 1 atom stereocenters. The van der Waals surface area contributed by atoms with Crippen LogP contribution in [0.15, 0.2) is 35.4 Å². The third-order valence-corrected chi connectivity index (χ3v) is 2.56. The quantitative estimate of drug-likeness (QED) is 0.324. The van der Waals surface area contributed by atoms with E-state index in [1.165, 1.54) is 0 Å². The van der Waals surface area contributed by atoms with E-state index in [-0.39, 0.29) is 12.5 Å². The number of nitrogens with two attached hydrogens (primary N) is 1. The summed E-state index contributed by atoms with van der Waals surface area (Å²) < 4.78 is 5.15. The second kappa shape index (κ2) is 7.97. The monoisotopic (exact) mass is 323 g/mol. The van der Waals surface area contributed by atoms with Gasteiger partial charge in [-0.15, -0.1) is 0 Å². The second-order valence-corrected chi connectivity index (χ2v) is 5.71. The van der Waals surface area contributed by atoms with Crippen LogP contribution in [0.3, 0.4) is 0 Å². The molecule has 0 heterocycles.